The zero-order chi connectivity index (χ0) is 9.68. The number of hydrogen-bond donors (Lipinski definition) is 0. The molecule has 70 valence electrons. The van der Waals surface area contributed by atoms with Gasteiger partial charge >= 0.3 is 5.97 Å². The van der Waals surface area contributed by atoms with Gasteiger partial charge < -0.3 is 4.74 Å². The largest absolute Gasteiger partial charge is 0.425 e. The fraction of sp³-hybridized carbons (Fsp3) is 0.400. The molecule has 0 fully saturated rings. The van der Waals surface area contributed by atoms with Crippen molar-refractivity contribution in [1.82, 2.24) is 4.98 Å². The Morgan fingerprint density at radius 2 is 2.46 bits per heavy atom. The Balaban J connectivity index is 2.55. The van der Waals surface area contributed by atoms with Crippen LogP contribution in [0.15, 0.2) is 24.5 Å². The van der Waals surface area contributed by atoms with Crippen molar-refractivity contribution < 1.29 is 9.53 Å². The van der Waals surface area contributed by atoms with Crippen LogP contribution in [0.5, 0.6) is 5.75 Å². The van der Waals surface area contributed by atoms with Crippen molar-refractivity contribution in [2.75, 3.05) is 0 Å². The first kappa shape index (κ1) is 9.71. The van der Waals surface area contributed by atoms with Crippen molar-refractivity contribution in [3.63, 3.8) is 0 Å². The van der Waals surface area contributed by atoms with E-state index in [1.807, 2.05) is 13.8 Å². The molecule has 13 heavy (non-hydrogen) atoms. The van der Waals surface area contributed by atoms with Crippen LogP contribution in [-0.2, 0) is 4.79 Å². The van der Waals surface area contributed by atoms with Gasteiger partial charge in [0.15, 0.2) is 0 Å². The molecule has 1 rings (SSSR count). The quantitative estimate of drug-likeness (QED) is 0.666. The average molecular weight is 179 g/mol. The van der Waals surface area contributed by atoms with Crippen molar-refractivity contribution >= 4 is 5.97 Å². The van der Waals surface area contributed by atoms with Gasteiger partial charge in [-0.1, -0.05) is 13.8 Å². The van der Waals surface area contributed by atoms with Crippen LogP contribution in [0.4, 0.5) is 0 Å². The second-order valence-electron chi connectivity index (χ2n) is 2.92. The molecule has 0 saturated carbocycles. The van der Waals surface area contributed by atoms with Gasteiger partial charge in [-0.3, -0.25) is 9.78 Å². The summed E-state index contributed by atoms with van der Waals surface area (Å²) in [6.07, 6.45) is 3.96. The van der Waals surface area contributed by atoms with Crippen LogP contribution in [0.25, 0.3) is 0 Å². The summed E-state index contributed by atoms with van der Waals surface area (Å²) in [4.78, 5) is 15.1. The second-order valence-corrected chi connectivity index (χ2v) is 2.92. The van der Waals surface area contributed by atoms with E-state index >= 15 is 0 Å². The van der Waals surface area contributed by atoms with Gasteiger partial charge in [-0.25, -0.2) is 0 Å². The van der Waals surface area contributed by atoms with Gasteiger partial charge in [0.2, 0.25) is 0 Å². The fourth-order valence-electron chi connectivity index (χ4n) is 0.791. The highest BCUT2D eigenvalue weighted by Crippen LogP contribution is 2.10. The number of ether oxygens (including phenoxy) is 1. The molecule has 0 amide bonds. The number of rotatable bonds is 3. The fourth-order valence-corrected chi connectivity index (χ4v) is 0.791. The first-order valence-electron chi connectivity index (χ1n) is 4.35. The molecule has 3 heteroatoms. The van der Waals surface area contributed by atoms with Crippen LogP contribution < -0.4 is 4.74 Å². The summed E-state index contributed by atoms with van der Waals surface area (Å²) in [7, 11) is 0. The molecule has 0 aliphatic rings. The van der Waals surface area contributed by atoms with Crippen molar-refractivity contribution in [3.8, 4) is 5.75 Å². The van der Waals surface area contributed by atoms with E-state index in [-0.39, 0.29) is 11.9 Å². The Labute approximate surface area is 77.8 Å². The minimum atomic E-state index is -0.199. The highest BCUT2D eigenvalue weighted by Gasteiger charge is 2.12. The molecule has 0 radical (unpaired) electrons. The SMILES string of the molecule is CCC(C)C(=O)Oc1cccnc1. The summed E-state index contributed by atoms with van der Waals surface area (Å²) in [5, 5.41) is 0. The smallest absolute Gasteiger partial charge is 0.314 e. The average Bonchev–Trinajstić information content (AvgIpc) is 2.18. The molecule has 0 aliphatic heterocycles. The van der Waals surface area contributed by atoms with E-state index in [0.29, 0.717) is 5.75 Å². The summed E-state index contributed by atoms with van der Waals surface area (Å²) in [5.41, 5.74) is 0. The van der Waals surface area contributed by atoms with E-state index in [4.69, 9.17) is 4.74 Å². The van der Waals surface area contributed by atoms with Crippen molar-refractivity contribution in [2.45, 2.75) is 20.3 Å². The van der Waals surface area contributed by atoms with Gasteiger partial charge in [0.25, 0.3) is 0 Å². The maximum atomic E-state index is 11.3. The van der Waals surface area contributed by atoms with Crippen molar-refractivity contribution in [3.05, 3.63) is 24.5 Å². The number of carbonyl (C=O) groups is 1. The molecule has 1 atom stereocenters. The molecule has 0 bridgehead atoms. The lowest BCUT2D eigenvalue weighted by atomic mass is 10.1. The molecule has 0 aromatic carbocycles. The van der Waals surface area contributed by atoms with Crippen molar-refractivity contribution in [2.24, 2.45) is 5.92 Å². The second kappa shape index (κ2) is 4.60. The molecular weight excluding hydrogens is 166 g/mol. The van der Waals surface area contributed by atoms with E-state index in [1.165, 1.54) is 6.20 Å². The summed E-state index contributed by atoms with van der Waals surface area (Å²) in [5.74, 6) is 0.253. The Hall–Kier alpha value is -1.38. The standard InChI is InChI=1S/C10H13NO2/c1-3-8(2)10(12)13-9-5-4-6-11-7-9/h4-8H,3H2,1-2H3. The van der Waals surface area contributed by atoms with Gasteiger partial charge in [0.05, 0.1) is 12.1 Å². The molecule has 0 saturated heterocycles. The normalized spacial score (nSPS) is 12.2. The Bertz CT molecular complexity index is 272. The Morgan fingerprint density at radius 1 is 1.69 bits per heavy atom. The van der Waals surface area contributed by atoms with Gasteiger partial charge in [-0.05, 0) is 18.6 Å². The lowest BCUT2D eigenvalue weighted by Crippen LogP contribution is -2.16. The maximum Gasteiger partial charge on any atom is 0.314 e. The first-order valence-corrected chi connectivity index (χ1v) is 4.35. The summed E-state index contributed by atoms with van der Waals surface area (Å²) >= 11 is 0. The summed E-state index contributed by atoms with van der Waals surface area (Å²) in [6, 6.07) is 3.45. The van der Waals surface area contributed by atoms with E-state index in [1.54, 1.807) is 18.3 Å². The summed E-state index contributed by atoms with van der Waals surface area (Å²) < 4.78 is 5.07. The molecule has 1 heterocycles. The van der Waals surface area contributed by atoms with Gasteiger partial charge in [-0.2, -0.15) is 0 Å². The third-order valence-electron chi connectivity index (χ3n) is 1.87. The lowest BCUT2D eigenvalue weighted by molar-refractivity contribution is -0.138. The Kier molecular flexibility index (Phi) is 3.43. The maximum absolute atomic E-state index is 11.3. The molecule has 1 aromatic heterocycles. The highest BCUT2D eigenvalue weighted by molar-refractivity contribution is 5.74. The van der Waals surface area contributed by atoms with Crippen LogP contribution in [0, 0.1) is 5.92 Å². The minimum absolute atomic E-state index is 0.0554. The number of hydrogen-bond acceptors (Lipinski definition) is 3. The molecule has 0 spiro atoms. The highest BCUT2D eigenvalue weighted by atomic mass is 16.5. The van der Waals surface area contributed by atoms with E-state index in [0.717, 1.165) is 6.42 Å². The van der Waals surface area contributed by atoms with Gasteiger partial charge in [0.1, 0.15) is 5.75 Å². The van der Waals surface area contributed by atoms with E-state index < -0.39 is 0 Å². The van der Waals surface area contributed by atoms with Gasteiger partial charge in [-0.15, -0.1) is 0 Å². The predicted molar refractivity (Wildman–Crippen MR) is 49.3 cm³/mol. The monoisotopic (exact) mass is 179 g/mol. The minimum Gasteiger partial charge on any atom is -0.425 e. The lowest BCUT2D eigenvalue weighted by Gasteiger charge is -2.07. The van der Waals surface area contributed by atoms with Crippen molar-refractivity contribution in [1.29, 1.82) is 0 Å². The first-order chi connectivity index (χ1) is 6.24. The number of nitrogens with zero attached hydrogens (tertiary/aromatic N) is 1. The van der Waals surface area contributed by atoms with Gasteiger partial charge in [0, 0.05) is 6.20 Å². The molecule has 1 aromatic rings. The van der Waals surface area contributed by atoms with Crippen LogP contribution in [0.1, 0.15) is 20.3 Å². The van der Waals surface area contributed by atoms with Crippen LogP contribution in [-0.4, -0.2) is 11.0 Å². The van der Waals surface area contributed by atoms with E-state index in [9.17, 15) is 4.79 Å². The van der Waals surface area contributed by atoms with Crippen LogP contribution in [0.3, 0.4) is 0 Å². The molecule has 3 nitrogen and oxygen atoms in total. The predicted octanol–water partition coefficient (Wildman–Crippen LogP) is 2.03. The molecule has 0 N–H and O–H groups in total. The molecule has 0 aliphatic carbocycles. The van der Waals surface area contributed by atoms with Crippen LogP contribution >= 0.6 is 0 Å². The van der Waals surface area contributed by atoms with Crippen LogP contribution in [0.2, 0.25) is 0 Å². The third kappa shape index (κ3) is 2.86. The number of esters is 1. The summed E-state index contributed by atoms with van der Waals surface area (Å²) in [6.45, 7) is 3.80. The molecule has 1 unspecified atom stereocenters. The Morgan fingerprint density at radius 3 is 3.00 bits per heavy atom. The zero-order valence-corrected chi connectivity index (χ0v) is 7.86. The molecular formula is C10H13NO2. The topological polar surface area (TPSA) is 39.2 Å². The van der Waals surface area contributed by atoms with E-state index in [2.05, 4.69) is 4.98 Å². The third-order valence-corrected chi connectivity index (χ3v) is 1.87. The number of aromatic nitrogens is 1. The number of pyridine rings is 1. The number of carbonyl (C=O) groups excluding carboxylic acids is 1. The zero-order valence-electron chi connectivity index (χ0n) is 7.86.